The van der Waals surface area contributed by atoms with Crippen LogP contribution in [0.25, 0.3) is 22.4 Å². The Bertz CT molecular complexity index is 1290. The third-order valence-corrected chi connectivity index (χ3v) is 5.96. The van der Waals surface area contributed by atoms with Gasteiger partial charge in [0.1, 0.15) is 11.3 Å². The summed E-state index contributed by atoms with van der Waals surface area (Å²) in [4.78, 5) is 18.7. The number of halogens is 1. The summed E-state index contributed by atoms with van der Waals surface area (Å²) in [6.45, 7) is 4.29. The first-order valence-corrected chi connectivity index (χ1v) is 11.3. The van der Waals surface area contributed by atoms with Crippen LogP contribution >= 0.6 is 11.6 Å². The van der Waals surface area contributed by atoms with Gasteiger partial charge in [0.2, 0.25) is 11.7 Å². The van der Waals surface area contributed by atoms with Gasteiger partial charge in [-0.05, 0) is 61.7 Å². The largest absolute Gasteiger partial charge is 0.483 e. The topological polar surface area (TPSA) is 99.2 Å². The van der Waals surface area contributed by atoms with E-state index in [0.29, 0.717) is 41.0 Å². The molecule has 0 radical (unpaired) electrons. The van der Waals surface area contributed by atoms with E-state index in [1.807, 2.05) is 42.2 Å². The maximum absolute atomic E-state index is 12.3. The SMILES string of the molecule is Cc1cc(Cl)ccc1OCc1nc(-c2ccc3c(c2)nnn3CCC(=O)N2CCCC2)no1. The van der Waals surface area contributed by atoms with Crippen molar-refractivity contribution in [3.8, 4) is 17.1 Å². The number of hydrogen-bond donors (Lipinski definition) is 0. The lowest BCUT2D eigenvalue weighted by Crippen LogP contribution is -2.28. The van der Waals surface area contributed by atoms with Gasteiger partial charge in [0.25, 0.3) is 5.89 Å². The van der Waals surface area contributed by atoms with Gasteiger partial charge in [-0.3, -0.25) is 4.79 Å². The predicted octanol–water partition coefficient (Wildman–Crippen LogP) is 4.03. The van der Waals surface area contributed by atoms with Crippen LogP contribution in [-0.4, -0.2) is 49.0 Å². The predicted molar refractivity (Wildman–Crippen MR) is 122 cm³/mol. The minimum Gasteiger partial charge on any atom is -0.483 e. The van der Waals surface area contributed by atoms with E-state index in [-0.39, 0.29) is 12.5 Å². The van der Waals surface area contributed by atoms with Crippen molar-refractivity contribution in [2.75, 3.05) is 13.1 Å². The number of aryl methyl sites for hydroxylation is 2. The quantitative estimate of drug-likeness (QED) is 0.405. The van der Waals surface area contributed by atoms with Gasteiger partial charge in [0, 0.05) is 30.1 Å². The highest BCUT2D eigenvalue weighted by Gasteiger charge is 2.18. The standard InChI is InChI=1S/C23H23ClN6O3/c1-15-12-17(24)5-7-20(15)32-14-21-25-23(27-33-21)16-4-6-19-18(13-16)26-28-30(19)11-8-22(31)29-9-2-3-10-29/h4-7,12-13H,2-3,8-11,14H2,1H3. The molecule has 1 saturated heterocycles. The molecule has 2 aromatic heterocycles. The average molecular weight is 467 g/mol. The van der Waals surface area contributed by atoms with Crippen LogP contribution in [0, 0.1) is 6.92 Å². The van der Waals surface area contributed by atoms with Crippen molar-refractivity contribution in [1.82, 2.24) is 30.0 Å². The lowest BCUT2D eigenvalue weighted by Gasteiger charge is -2.14. The van der Waals surface area contributed by atoms with E-state index < -0.39 is 0 Å². The molecule has 0 unspecified atom stereocenters. The van der Waals surface area contributed by atoms with Crippen LogP contribution < -0.4 is 4.74 Å². The molecule has 1 fully saturated rings. The fraction of sp³-hybridized carbons (Fsp3) is 0.348. The van der Waals surface area contributed by atoms with Crippen molar-refractivity contribution < 1.29 is 14.1 Å². The van der Waals surface area contributed by atoms with Gasteiger partial charge in [0.15, 0.2) is 6.61 Å². The minimum absolute atomic E-state index is 0.152. The number of aromatic nitrogens is 5. The summed E-state index contributed by atoms with van der Waals surface area (Å²) in [6, 6.07) is 11.1. The molecule has 1 amide bonds. The molecule has 170 valence electrons. The lowest BCUT2D eigenvalue weighted by molar-refractivity contribution is -0.130. The van der Waals surface area contributed by atoms with E-state index in [0.717, 1.165) is 42.6 Å². The van der Waals surface area contributed by atoms with Crippen LogP contribution in [0.3, 0.4) is 0 Å². The molecule has 1 aliphatic rings. The van der Waals surface area contributed by atoms with Crippen LogP contribution in [-0.2, 0) is 17.9 Å². The summed E-state index contributed by atoms with van der Waals surface area (Å²) < 4.78 is 12.9. The molecule has 0 atom stereocenters. The van der Waals surface area contributed by atoms with Crippen molar-refractivity contribution in [1.29, 1.82) is 0 Å². The van der Waals surface area contributed by atoms with Crippen molar-refractivity contribution in [2.45, 2.75) is 39.3 Å². The summed E-state index contributed by atoms with van der Waals surface area (Å²) in [7, 11) is 0. The molecule has 4 aromatic rings. The van der Waals surface area contributed by atoms with E-state index in [1.54, 1.807) is 10.7 Å². The fourth-order valence-corrected chi connectivity index (χ4v) is 4.17. The Hall–Kier alpha value is -3.46. The van der Waals surface area contributed by atoms with E-state index >= 15 is 0 Å². The first-order chi connectivity index (χ1) is 16.1. The molecular weight excluding hydrogens is 444 g/mol. The summed E-state index contributed by atoms with van der Waals surface area (Å²) in [6.07, 6.45) is 2.60. The normalized spacial score (nSPS) is 13.7. The fourth-order valence-electron chi connectivity index (χ4n) is 3.95. The Labute approximate surface area is 195 Å². The summed E-state index contributed by atoms with van der Waals surface area (Å²) in [5.41, 5.74) is 3.26. The minimum atomic E-state index is 0.152. The Morgan fingerprint density at radius 2 is 2.03 bits per heavy atom. The molecule has 9 nitrogen and oxygen atoms in total. The summed E-state index contributed by atoms with van der Waals surface area (Å²) in [5, 5.41) is 13.2. The second kappa shape index (κ2) is 9.19. The van der Waals surface area contributed by atoms with Crippen LogP contribution in [0.5, 0.6) is 5.75 Å². The number of ether oxygens (including phenoxy) is 1. The highest BCUT2D eigenvalue weighted by Crippen LogP contribution is 2.24. The Kier molecular flexibility index (Phi) is 5.95. The molecule has 0 spiro atoms. The Morgan fingerprint density at radius 1 is 1.18 bits per heavy atom. The number of carbonyl (C=O) groups is 1. The highest BCUT2D eigenvalue weighted by atomic mass is 35.5. The van der Waals surface area contributed by atoms with Gasteiger partial charge < -0.3 is 14.2 Å². The van der Waals surface area contributed by atoms with Crippen LogP contribution in [0.1, 0.15) is 30.7 Å². The van der Waals surface area contributed by atoms with Crippen molar-refractivity contribution in [3.05, 3.63) is 52.9 Å². The molecule has 0 saturated carbocycles. The maximum atomic E-state index is 12.3. The van der Waals surface area contributed by atoms with Crippen molar-refractivity contribution in [3.63, 3.8) is 0 Å². The number of nitrogens with zero attached hydrogens (tertiary/aromatic N) is 6. The van der Waals surface area contributed by atoms with Crippen molar-refractivity contribution in [2.24, 2.45) is 0 Å². The summed E-state index contributed by atoms with van der Waals surface area (Å²) >= 11 is 5.98. The smallest absolute Gasteiger partial charge is 0.264 e. The zero-order valence-electron chi connectivity index (χ0n) is 18.2. The Balaban J connectivity index is 1.25. The lowest BCUT2D eigenvalue weighted by atomic mass is 10.2. The molecule has 5 rings (SSSR count). The van der Waals surface area contributed by atoms with Gasteiger partial charge in [-0.2, -0.15) is 4.98 Å². The van der Waals surface area contributed by atoms with Crippen LogP contribution in [0.2, 0.25) is 5.02 Å². The molecule has 0 aliphatic carbocycles. The Morgan fingerprint density at radius 3 is 2.85 bits per heavy atom. The monoisotopic (exact) mass is 466 g/mol. The zero-order valence-corrected chi connectivity index (χ0v) is 19.0. The molecule has 1 aliphatic heterocycles. The maximum Gasteiger partial charge on any atom is 0.264 e. The van der Waals surface area contributed by atoms with Gasteiger partial charge in [0.05, 0.1) is 12.1 Å². The highest BCUT2D eigenvalue weighted by molar-refractivity contribution is 6.30. The molecule has 0 N–H and O–H groups in total. The van der Waals surface area contributed by atoms with Crippen LogP contribution in [0.4, 0.5) is 0 Å². The first kappa shape index (κ1) is 21.4. The van der Waals surface area contributed by atoms with E-state index in [4.69, 9.17) is 20.9 Å². The van der Waals surface area contributed by atoms with Crippen molar-refractivity contribution >= 4 is 28.5 Å². The summed E-state index contributed by atoms with van der Waals surface area (Å²) in [5.74, 6) is 1.69. The van der Waals surface area contributed by atoms with Gasteiger partial charge in [-0.25, -0.2) is 4.68 Å². The molecule has 10 heteroatoms. The number of fused-ring (bicyclic) bond motifs is 1. The number of rotatable bonds is 7. The number of hydrogen-bond acceptors (Lipinski definition) is 7. The molecule has 3 heterocycles. The van der Waals surface area contributed by atoms with Gasteiger partial charge in [-0.1, -0.05) is 22.0 Å². The van der Waals surface area contributed by atoms with Gasteiger partial charge in [-0.15, -0.1) is 5.10 Å². The number of likely N-dealkylation sites (tertiary alicyclic amines) is 1. The molecular formula is C23H23ClN6O3. The second-order valence-electron chi connectivity index (χ2n) is 8.06. The van der Waals surface area contributed by atoms with Gasteiger partial charge >= 0.3 is 0 Å². The van der Waals surface area contributed by atoms with E-state index in [1.165, 1.54) is 0 Å². The number of benzene rings is 2. The van der Waals surface area contributed by atoms with E-state index in [9.17, 15) is 4.79 Å². The second-order valence-corrected chi connectivity index (χ2v) is 8.50. The van der Waals surface area contributed by atoms with E-state index in [2.05, 4.69) is 20.5 Å². The third kappa shape index (κ3) is 4.68. The third-order valence-electron chi connectivity index (χ3n) is 5.72. The number of amides is 1. The number of carbonyl (C=O) groups excluding carboxylic acids is 1. The zero-order chi connectivity index (χ0) is 22.8. The average Bonchev–Trinajstić information content (AvgIpc) is 3.57. The molecule has 2 aromatic carbocycles. The van der Waals surface area contributed by atoms with Crippen LogP contribution in [0.15, 0.2) is 40.9 Å². The molecule has 33 heavy (non-hydrogen) atoms. The molecule has 0 bridgehead atoms. The first-order valence-electron chi connectivity index (χ1n) is 10.9.